The van der Waals surface area contributed by atoms with E-state index in [0.717, 1.165) is 25.6 Å². The van der Waals surface area contributed by atoms with Crippen LogP contribution in [0.3, 0.4) is 0 Å². The Kier molecular flexibility index (Phi) is 4.78. The molecule has 0 amide bonds. The highest BCUT2D eigenvalue weighted by Gasteiger charge is 2.28. The standard InChI is InChI=1S/C16H30N2O/c19-16(15-4-2-1-3-5-15)13-18-10-8-17(9-11-18)12-14-6-7-14/h14-16,19H,1-13H2. The topological polar surface area (TPSA) is 26.7 Å². The Morgan fingerprint density at radius 3 is 2.11 bits per heavy atom. The normalized spacial score (nSPS) is 29.5. The molecule has 1 unspecified atom stereocenters. The predicted octanol–water partition coefficient (Wildman–Crippen LogP) is 1.96. The first-order chi connectivity index (χ1) is 9.31. The highest BCUT2D eigenvalue weighted by Crippen LogP contribution is 2.30. The molecule has 0 aromatic carbocycles. The molecule has 3 heteroatoms. The van der Waals surface area contributed by atoms with Crippen LogP contribution in [0.2, 0.25) is 0 Å². The fraction of sp³-hybridized carbons (Fsp3) is 1.00. The van der Waals surface area contributed by atoms with Crippen LogP contribution >= 0.6 is 0 Å². The fourth-order valence-electron chi connectivity index (χ4n) is 3.75. The molecule has 3 fully saturated rings. The van der Waals surface area contributed by atoms with Crippen molar-refractivity contribution in [2.75, 3.05) is 39.3 Å². The maximum absolute atomic E-state index is 10.4. The average molecular weight is 266 g/mol. The minimum Gasteiger partial charge on any atom is -0.392 e. The number of hydrogen-bond donors (Lipinski definition) is 1. The summed E-state index contributed by atoms with van der Waals surface area (Å²) < 4.78 is 0. The first kappa shape index (κ1) is 13.8. The second-order valence-electron chi connectivity index (χ2n) is 7.01. The molecule has 1 N–H and O–H groups in total. The molecule has 0 radical (unpaired) electrons. The van der Waals surface area contributed by atoms with Crippen molar-refractivity contribution >= 4 is 0 Å². The van der Waals surface area contributed by atoms with Crippen LogP contribution in [-0.4, -0.2) is 60.3 Å². The molecule has 110 valence electrons. The van der Waals surface area contributed by atoms with E-state index in [9.17, 15) is 5.11 Å². The van der Waals surface area contributed by atoms with Crippen LogP contribution < -0.4 is 0 Å². The van der Waals surface area contributed by atoms with Gasteiger partial charge in [0.1, 0.15) is 0 Å². The number of aliphatic hydroxyl groups is 1. The van der Waals surface area contributed by atoms with Gasteiger partial charge in [-0.25, -0.2) is 0 Å². The molecule has 1 heterocycles. The van der Waals surface area contributed by atoms with Gasteiger partial charge >= 0.3 is 0 Å². The lowest BCUT2D eigenvalue weighted by atomic mass is 9.85. The Morgan fingerprint density at radius 1 is 0.842 bits per heavy atom. The van der Waals surface area contributed by atoms with E-state index < -0.39 is 0 Å². The Morgan fingerprint density at radius 2 is 1.47 bits per heavy atom. The van der Waals surface area contributed by atoms with Crippen LogP contribution in [0, 0.1) is 11.8 Å². The van der Waals surface area contributed by atoms with Crippen LogP contribution in [0.25, 0.3) is 0 Å². The average Bonchev–Trinajstić information content (AvgIpc) is 3.26. The zero-order chi connectivity index (χ0) is 13.1. The van der Waals surface area contributed by atoms with Gasteiger partial charge in [-0.1, -0.05) is 19.3 Å². The zero-order valence-electron chi connectivity index (χ0n) is 12.3. The van der Waals surface area contributed by atoms with Gasteiger partial charge in [-0.2, -0.15) is 0 Å². The summed E-state index contributed by atoms with van der Waals surface area (Å²) in [6.45, 7) is 7.01. The molecule has 1 atom stereocenters. The van der Waals surface area contributed by atoms with Crippen molar-refractivity contribution in [2.45, 2.75) is 51.0 Å². The van der Waals surface area contributed by atoms with E-state index in [4.69, 9.17) is 0 Å². The maximum atomic E-state index is 10.4. The van der Waals surface area contributed by atoms with Crippen LogP contribution in [0.4, 0.5) is 0 Å². The van der Waals surface area contributed by atoms with Gasteiger partial charge in [-0.3, -0.25) is 4.90 Å². The second kappa shape index (κ2) is 6.55. The molecule has 19 heavy (non-hydrogen) atoms. The van der Waals surface area contributed by atoms with E-state index in [1.165, 1.54) is 64.6 Å². The van der Waals surface area contributed by atoms with Crippen molar-refractivity contribution in [1.29, 1.82) is 0 Å². The summed E-state index contributed by atoms with van der Waals surface area (Å²) in [5.41, 5.74) is 0. The van der Waals surface area contributed by atoms with E-state index in [1.807, 2.05) is 0 Å². The number of aliphatic hydroxyl groups excluding tert-OH is 1. The first-order valence-corrected chi connectivity index (χ1v) is 8.44. The van der Waals surface area contributed by atoms with Gasteiger partial charge in [0.2, 0.25) is 0 Å². The van der Waals surface area contributed by atoms with Crippen LogP contribution in [0.5, 0.6) is 0 Å². The van der Waals surface area contributed by atoms with Crippen molar-refractivity contribution in [1.82, 2.24) is 9.80 Å². The number of β-amino-alcohol motifs (C(OH)–C–C–N with tert-alkyl or cyclic N) is 1. The summed E-state index contributed by atoms with van der Waals surface area (Å²) in [5.74, 6) is 1.60. The van der Waals surface area contributed by atoms with Gasteiger partial charge in [-0.15, -0.1) is 0 Å². The SMILES string of the molecule is OC(CN1CCN(CC2CC2)CC1)C1CCCCC1. The fourth-order valence-corrected chi connectivity index (χ4v) is 3.75. The van der Waals surface area contributed by atoms with Gasteiger partial charge in [0.05, 0.1) is 6.10 Å². The second-order valence-corrected chi connectivity index (χ2v) is 7.01. The van der Waals surface area contributed by atoms with Gasteiger partial charge < -0.3 is 10.0 Å². The van der Waals surface area contributed by atoms with Crippen LogP contribution in [0.15, 0.2) is 0 Å². The molecule has 2 aliphatic carbocycles. The summed E-state index contributed by atoms with van der Waals surface area (Å²) in [6, 6.07) is 0. The zero-order valence-corrected chi connectivity index (χ0v) is 12.3. The Hall–Kier alpha value is -0.120. The highest BCUT2D eigenvalue weighted by molar-refractivity contribution is 4.82. The molecule has 0 spiro atoms. The first-order valence-electron chi connectivity index (χ1n) is 8.44. The lowest BCUT2D eigenvalue weighted by Crippen LogP contribution is -2.49. The van der Waals surface area contributed by atoms with E-state index in [1.54, 1.807) is 0 Å². The lowest BCUT2D eigenvalue weighted by Gasteiger charge is -2.37. The number of piperazine rings is 1. The van der Waals surface area contributed by atoms with Gasteiger partial charge in [0.25, 0.3) is 0 Å². The largest absolute Gasteiger partial charge is 0.392 e. The molecule has 1 aliphatic heterocycles. The third kappa shape index (κ3) is 4.17. The number of rotatable bonds is 5. The molecule has 3 nitrogen and oxygen atoms in total. The minimum absolute atomic E-state index is 0.0738. The third-order valence-electron chi connectivity index (χ3n) is 5.32. The lowest BCUT2D eigenvalue weighted by molar-refractivity contribution is 0.0289. The van der Waals surface area contributed by atoms with Gasteiger partial charge in [-0.05, 0) is 37.5 Å². The molecule has 0 aromatic heterocycles. The smallest absolute Gasteiger partial charge is 0.0695 e. The molecule has 3 rings (SSSR count). The summed E-state index contributed by atoms with van der Waals surface area (Å²) >= 11 is 0. The molecule has 0 bridgehead atoms. The molecule has 1 saturated heterocycles. The van der Waals surface area contributed by atoms with Crippen molar-refractivity contribution in [3.05, 3.63) is 0 Å². The molecule has 0 aromatic rings. The minimum atomic E-state index is -0.0738. The number of nitrogens with zero attached hydrogens (tertiary/aromatic N) is 2. The van der Waals surface area contributed by atoms with Gasteiger partial charge in [0, 0.05) is 39.3 Å². The molecule has 2 saturated carbocycles. The third-order valence-corrected chi connectivity index (χ3v) is 5.32. The molecule has 3 aliphatic rings. The van der Waals surface area contributed by atoms with E-state index in [0.29, 0.717) is 5.92 Å². The van der Waals surface area contributed by atoms with Crippen LogP contribution in [-0.2, 0) is 0 Å². The summed E-state index contributed by atoms with van der Waals surface area (Å²) in [4.78, 5) is 5.11. The Bertz CT molecular complexity index is 266. The summed E-state index contributed by atoms with van der Waals surface area (Å²) in [7, 11) is 0. The Balaban J connectivity index is 1.36. The molecular formula is C16H30N2O. The predicted molar refractivity (Wildman–Crippen MR) is 78.2 cm³/mol. The van der Waals surface area contributed by atoms with Gasteiger partial charge in [0.15, 0.2) is 0 Å². The van der Waals surface area contributed by atoms with E-state index >= 15 is 0 Å². The molecular weight excluding hydrogens is 236 g/mol. The summed E-state index contributed by atoms with van der Waals surface area (Å²) in [6.07, 6.45) is 9.39. The van der Waals surface area contributed by atoms with E-state index in [-0.39, 0.29) is 6.10 Å². The Labute approximate surface area is 118 Å². The monoisotopic (exact) mass is 266 g/mol. The number of hydrogen-bond acceptors (Lipinski definition) is 3. The van der Waals surface area contributed by atoms with Crippen molar-refractivity contribution < 1.29 is 5.11 Å². The van der Waals surface area contributed by atoms with Crippen molar-refractivity contribution in [3.8, 4) is 0 Å². The van der Waals surface area contributed by atoms with Crippen molar-refractivity contribution in [2.24, 2.45) is 11.8 Å². The maximum Gasteiger partial charge on any atom is 0.0695 e. The van der Waals surface area contributed by atoms with Crippen LogP contribution in [0.1, 0.15) is 44.9 Å². The van der Waals surface area contributed by atoms with E-state index in [2.05, 4.69) is 9.80 Å². The summed E-state index contributed by atoms with van der Waals surface area (Å²) in [5, 5.41) is 10.4. The highest BCUT2D eigenvalue weighted by atomic mass is 16.3. The quantitative estimate of drug-likeness (QED) is 0.824. The van der Waals surface area contributed by atoms with Crippen molar-refractivity contribution in [3.63, 3.8) is 0 Å².